The lowest BCUT2D eigenvalue weighted by Gasteiger charge is -2.19. The van der Waals surface area contributed by atoms with Crippen LogP contribution in [0.15, 0.2) is 24.3 Å². The molecule has 0 radical (unpaired) electrons. The lowest BCUT2D eigenvalue weighted by Crippen LogP contribution is -2.40. The van der Waals surface area contributed by atoms with Crippen molar-refractivity contribution < 1.29 is 14.6 Å². The number of methoxy groups -OCH3 is 1. The Bertz CT molecular complexity index is 527. The van der Waals surface area contributed by atoms with Gasteiger partial charge in [0.1, 0.15) is 0 Å². The van der Waals surface area contributed by atoms with Gasteiger partial charge in [-0.3, -0.25) is 4.79 Å². The minimum atomic E-state index is -0.0705. The van der Waals surface area contributed by atoms with E-state index in [0.29, 0.717) is 12.0 Å². The fourth-order valence-electron chi connectivity index (χ4n) is 2.55. The van der Waals surface area contributed by atoms with Crippen LogP contribution in [0.3, 0.4) is 0 Å². The van der Waals surface area contributed by atoms with Gasteiger partial charge in [0, 0.05) is 24.7 Å². The Morgan fingerprint density at radius 1 is 1.38 bits per heavy atom. The van der Waals surface area contributed by atoms with Crippen LogP contribution in [0.2, 0.25) is 0 Å². The Morgan fingerprint density at radius 3 is 2.81 bits per heavy atom. The van der Waals surface area contributed by atoms with Crippen LogP contribution in [-0.4, -0.2) is 36.9 Å². The number of carbonyl (C=O) groups excluding carboxylic acids is 1. The third-order valence-electron chi connectivity index (χ3n) is 3.69. The van der Waals surface area contributed by atoms with Crippen LogP contribution < -0.4 is 5.32 Å². The summed E-state index contributed by atoms with van der Waals surface area (Å²) >= 11 is 0. The first kappa shape index (κ1) is 15.6. The minimum absolute atomic E-state index is 0.0650. The summed E-state index contributed by atoms with van der Waals surface area (Å²) in [6, 6.07) is 7.29. The van der Waals surface area contributed by atoms with Crippen LogP contribution in [-0.2, 0) is 4.74 Å². The van der Waals surface area contributed by atoms with Crippen LogP contribution in [0.1, 0.15) is 41.6 Å². The molecule has 1 aromatic rings. The summed E-state index contributed by atoms with van der Waals surface area (Å²) in [5.41, 5.74) is 1.47. The molecule has 1 fully saturated rings. The summed E-state index contributed by atoms with van der Waals surface area (Å²) in [7, 11) is 1.69. The van der Waals surface area contributed by atoms with Crippen molar-refractivity contribution in [2.45, 2.75) is 37.8 Å². The zero-order valence-corrected chi connectivity index (χ0v) is 12.3. The molecule has 2 unspecified atom stereocenters. The van der Waals surface area contributed by atoms with E-state index >= 15 is 0 Å². The second kappa shape index (κ2) is 7.82. The van der Waals surface area contributed by atoms with Gasteiger partial charge in [0.25, 0.3) is 5.91 Å². The summed E-state index contributed by atoms with van der Waals surface area (Å²) in [6.45, 7) is 0.0650. The number of rotatable bonds is 4. The van der Waals surface area contributed by atoms with Crippen molar-refractivity contribution in [3.05, 3.63) is 35.4 Å². The standard InChI is InChI=1S/C17H21NO3/c1-21-16-7-4-6-15(16)18-17(20)14-10-8-13(9-11-14)5-2-3-12-19/h8-11,15-16,19H,3-4,6-7,12H2,1H3,(H,18,20). The molecule has 1 aromatic carbocycles. The molecule has 2 rings (SSSR count). The Hall–Kier alpha value is -1.83. The number of aliphatic hydroxyl groups excluding tert-OH is 1. The number of carbonyl (C=O) groups is 1. The molecule has 0 spiro atoms. The fraction of sp³-hybridized carbons (Fsp3) is 0.471. The van der Waals surface area contributed by atoms with Gasteiger partial charge < -0.3 is 15.2 Å². The highest BCUT2D eigenvalue weighted by Crippen LogP contribution is 2.21. The van der Waals surface area contributed by atoms with Gasteiger partial charge in [-0.2, -0.15) is 0 Å². The molecule has 2 N–H and O–H groups in total. The van der Waals surface area contributed by atoms with Crippen LogP contribution in [0.25, 0.3) is 0 Å². The lowest BCUT2D eigenvalue weighted by atomic mass is 10.1. The van der Waals surface area contributed by atoms with Crippen molar-refractivity contribution in [1.29, 1.82) is 0 Å². The zero-order valence-electron chi connectivity index (χ0n) is 12.3. The topological polar surface area (TPSA) is 58.6 Å². The molecule has 0 heterocycles. The molecule has 0 aromatic heterocycles. The normalized spacial score (nSPS) is 20.7. The number of ether oxygens (including phenoxy) is 1. The average Bonchev–Trinajstić information content (AvgIpc) is 2.95. The molecular formula is C17H21NO3. The fourth-order valence-corrected chi connectivity index (χ4v) is 2.55. The van der Waals surface area contributed by atoms with E-state index in [1.54, 1.807) is 19.2 Å². The summed E-state index contributed by atoms with van der Waals surface area (Å²) in [5.74, 6) is 5.72. The van der Waals surface area contributed by atoms with Gasteiger partial charge in [-0.15, -0.1) is 0 Å². The summed E-state index contributed by atoms with van der Waals surface area (Å²) in [6.07, 6.45) is 3.64. The van der Waals surface area contributed by atoms with Gasteiger partial charge >= 0.3 is 0 Å². The number of amides is 1. The van der Waals surface area contributed by atoms with Gasteiger partial charge in [-0.05, 0) is 43.5 Å². The molecule has 21 heavy (non-hydrogen) atoms. The maximum absolute atomic E-state index is 12.2. The van der Waals surface area contributed by atoms with E-state index in [4.69, 9.17) is 9.84 Å². The van der Waals surface area contributed by atoms with Crippen LogP contribution in [0, 0.1) is 11.8 Å². The van der Waals surface area contributed by atoms with E-state index in [1.807, 2.05) is 12.1 Å². The van der Waals surface area contributed by atoms with E-state index in [9.17, 15) is 4.79 Å². The van der Waals surface area contributed by atoms with Crippen molar-refractivity contribution in [3.63, 3.8) is 0 Å². The van der Waals surface area contributed by atoms with Crippen molar-refractivity contribution in [2.75, 3.05) is 13.7 Å². The molecule has 2 atom stereocenters. The number of aliphatic hydroxyl groups is 1. The van der Waals surface area contributed by atoms with Gasteiger partial charge in [-0.25, -0.2) is 0 Å². The second-order valence-corrected chi connectivity index (χ2v) is 5.14. The highest BCUT2D eigenvalue weighted by molar-refractivity contribution is 5.94. The number of nitrogens with one attached hydrogen (secondary N) is 1. The SMILES string of the molecule is COC1CCCC1NC(=O)c1ccc(C#CCCO)cc1. The van der Waals surface area contributed by atoms with Gasteiger partial charge in [0.2, 0.25) is 0 Å². The average molecular weight is 287 g/mol. The number of hydrogen-bond acceptors (Lipinski definition) is 3. The molecule has 4 nitrogen and oxygen atoms in total. The highest BCUT2D eigenvalue weighted by atomic mass is 16.5. The minimum Gasteiger partial charge on any atom is -0.395 e. The van der Waals surface area contributed by atoms with E-state index in [0.717, 1.165) is 24.8 Å². The van der Waals surface area contributed by atoms with Gasteiger partial charge in [0.15, 0.2) is 0 Å². The molecular weight excluding hydrogens is 266 g/mol. The van der Waals surface area contributed by atoms with E-state index < -0.39 is 0 Å². The molecule has 112 valence electrons. The van der Waals surface area contributed by atoms with Crippen LogP contribution in [0.5, 0.6) is 0 Å². The maximum Gasteiger partial charge on any atom is 0.251 e. The van der Waals surface area contributed by atoms with E-state index in [-0.39, 0.29) is 24.7 Å². The zero-order chi connectivity index (χ0) is 15.1. The smallest absolute Gasteiger partial charge is 0.251 e. The number of benzene rings is 1. The third kappa shape index (κ3) is 4.32. The largest absolute Gasteiger partial charge is 0.395 e. The first-order valence-electron chi connectivity index (χ1n) is 7.28. The first-order chi connectivity index (χ1) is 10.2. The number of hydrogen-bond donors (Lipinski definition) is 2. The quantitative estimate of drug-likeness (QED) is 0.829. The highest BCUT2D eigenvalue weighted by Gasteiger charge is 2.28. The molecule has 0 saturated heterocycles. The third-order valence-corrected chi connectivity index (χ3v) is 3.69. The Balaban J connectivity index is 1.95. The van der Waals surface area contributed by atoms with E-state index in [2.05, 4.69) is 17.2 Å². The Labute approximate surface area is 125 Å². The monoisotopic (exact) mass is 287 g/mol. The summed E-state index contributed by atoms with van der Waals surface area (Å²) in [5, 5.41) is 11.7. The molecule has 1 aliphatic carbocycles. The second-order valence-electron chi connectivity index (χ2n) is 5.14. The van der Waals surface area contributed by atoms with Crippen molar-refractivity contribution in [2.24, 2.45) is 0 Å². The molecule has 1 saturated carbocycles. The lowest BCUT2D eigenvalue weighted by molar-refractivity contribution is 0.0722. The predicted octanol–water partition coefficient (Wildman–Crippen LogP) is 1.72. The Morgan fingerprint density at radius 2 is 2.14 bits per heavy atom. The van der Waals surface area contributed by atoms with Gasteiger partial charge in [-0.1, -0.05) is 11.8 Å². The molecule has 0 bridgehead atoms. The van der Waals surface area contributed by atoms with Crippen LogP contribution >= 0.6 is 0 Å². The van der Waals surface area contributed by atoms with Gasteiger partial charge in [0.05, 0.1) is 18.8 Å². The maximum atomic E-state index is 12.2. The molecule has 1 aliphatic rings. The summed E-state index contributed by atoms with van der Waals surface area (Å²) in [4.78, 5) is 12.2. The first-order valence-corrected chi connectivity index (χ1v) is 7.28. The van der Waals surface area contributed by atoms with Crippen molar-refractivity contribution in [1.82, 2.24) is 5.32 Å². The predicted molar refractivity (Wildman–Crippen MR) is 80.9 cm³/mol. The summed E-state index contributed by atoms with van der Waals surface area (Å²) < 4.78 is 5.38. The molecule has 1 amide bonds. The molecule has 4 heteroatoms. The molecule has 0 aliphatic heterocycles. The van der Waals surface area contributed by atoms with Crippen molar-refractivity contribution in [3.8, 4) is 11.8 Å². The van der Waals surface area contributed by atoms with Crippen molar-refractivity contribution >= 4 is 5.91 Å². The van der Waals surface area contributed by atoms with Crippen LogP contribution in [0.4, 0.5) is 0 Å². The van der Waals surface area contributed by atoms with E-state index in [1.165, 1.54) is 0 Å². The Kier molecular flexibility index (Phi) is 5.79.